The summed E-state index contributed by atoms with van der Waals surface area (Å²) in [6.07, 6.45) is 2.90. The van der Waals surface area contributed by atoms with Crippen molar-refractivity contribution in [2.75, 3.05) is 13.6 Å². The van der Waals surface area contributed by atoms with Gasteiger partial charge in [0.1, 0.15) is 5.75 Å². The van der Waals surface area contributed by atoms with E-state index in [1.165, 1.54) is 0 Å². The number of hydrogen-bond donors (Lipinski definition) is 2. The molecule has 0 unspecified atom stereocenters. The number of aromatic hydroxyl groups is 1. The second-order valence-electron chi connectivity index (χ2n) is 5.17. The number of nitrogens with two attached hydrogens (primary N) is 1. The number of phenols is 1. The standard InChI is InChI=1S/C14H20N2O2/c1-16(9-11-3-5-12(17)6-4-11)13(18)14(10-15)7-2-8-14/h3-6,17H,2,7-10,15H2,1H3. The number of carbonyl (C=O) groups excluding carboxylic acids is 1. The molecule has 1 saturated carbocycles. The highest BCUT2D eigenvalue weighted by Gasteiger charge is 2.44. The molecule has 0 bridgehead atoms. The van der Waals surface area contributed by atoms with Crippen LogP contribution >= 0.6 is 0 Å². The lowest BCUT2D eigenvalue weighted by Gasteiger charge is -2.41. The van der Waals surface area contributed by atoms with Gasteiger partial charge in [0.05, 0.1) is 5.41 Å². The van der Waals surface area contributed by atoms with E-state index in [-0.39, 0.29) is 17.1 Å². The van der Waals surface area contributed by atoms with E-state index < -0.39 is 0 Å². The molecule has 4 nitrogen and oxygen atoms in total. The maximum atomic E-state index is 12.3. The van der Waals surface area contributed by atoms with Gasteiger partial charge in [0, 0.05) is 20.1 Å². The quantitative estimate of drug-likeness (QED) is 0.848. The third kappa shape index (κ3) is 2.34. The fourth-order valence-corrected chi connectivity index (χ4v) is 2.46. The summed E-state index contributed by atoms with van der Waals surface area (Å²) in [4.78, 5) is 14.1. The molecule has 1 aliphatic rings. The van der Waals surface area contributed by atoms with Gasteiger partial charge in [-0.15, -0.1) is 0 Å². The summed E-state index contributed by atoms with van der Waals surface area (Å²) in [5, 5.41) is 9.22. The number of amides is 1. The first-order valence-corrected chi connectivity index (χ1v) is 6.31. The molecule has 0 saturated heterocycles. The monoisotopic (exact) mass is 248 g/mol. The molecular weight excluding hydrogens is 228 g/mol. The lowest BCUT2D eigenvalue weighted by atomic mass is 9.68. The summed E-state index contributed by atoms with van der Waals surface area (Å²) in [6, 6.07) is 6.93. The molecule has 1 aromatic carbocycles. The number of hydrogen-bond acceptors (Lipinski definition) is 3. The normalized spacial score (nSPS) is 17.0. The molecule has 0 spiro atoms. The van der Waals surface area contributed by atoms with Crippen molar-refractivity contribution >= 4 is 5.91 Å². The second-order valence-corrected chi connectivity index (χ2v) is 5.17. The molecule has 2 rings (SSSR count). The van der Waals surface area contributed by atoms with Crippen LogP contribution in [-0.4, -0.2) is 29.5 Å². The highest BCUT2D eigenvalue weighted by molar-refractivity contribution is 5.83. The topological polar surface area (TPSA) is 66.6 Å². The van der Waals surface area contributed by atoms with E-state index in [2.05, 4.69) is 0 Å². The van der Waals surface area contributed by atoms with E-state index in [1.807, 2.05) is 19.2 Å². The number of nitrogens with zero attached hydrogens (tertiary/aromatic N) is 1. The van der Waals surface area contributed by atoms with Crippen LogP contribution in [0, 0.1) is 5.41 Å². The summed E-state index contributed by atoms with van der Waals surface area (Å²) in [6.45, 7) is 0.993. The molecule has 0 aromatic heterocycles. The van der Waals surface area contributed by atoms with Crippen LogP contribution in [0.3, 0.4) is 0 Å². The molecule has 0 aliphatic heterocycles. The molecule has 0 heterocycles. The van der Waals surface area contributed by atoms with Gasteiger partial charge in [0.15, 0.2) is 0 Å². The van der Waals surface area contributed by atoms with Gasteiger partial charge < -0.3 is 15.7 Å². The van der Waals surface area contributed by atoms with Crippen molar-refractivity contribution in [2.24, 2.45) is 11.1 Å². The molecule has 4 heteroatoms. The molecule has 1 aliphatic carbocycles. The van der Waals surface area contributed by atoms with E-state index in [0.717, 1.165) is 24.8 Å². The molecule has 0 atom stereocenters. The third-order valence-corrected chi connectivity index (χ3v) is 3.86. The van der Waals surface area contributed by atoms with E-state index in [1.54, 1.807) is 17.0 Å². The number of phenolic OH excluding ortho intramolecular Hbond substituents is 1. The molecule has 3 N–H and O–H groups in total. The summed E-state index contributed by atoms with van der Waals surface area (Å²) in [5.41, 5.74) is 6.44. The molecule has 18 heavy (non-hydrogen) atoms. The Balaban J connectivity index is 2.01. The minimum absolute atomic E-state index is 0.143. The van der Waals surface area contributed by atoms with E-state index >= 15 is 0 Å². The van der Waals surface area contributed by atoms with Gasteiger partial charge >= 0.3 is 0 Å². The van der Waals surface area contributed by atoms with Crippen molar-refractivity contribution in [3.05, 3.63) is 29.8 Å². The first-order valence-electron chi connectivity index (χ1n) is 6.31. The van der Waals surface area contributed by atoms with E-state index in [4.69, 9.17) is 5.73 Å². The summed E-state index contributed by atoms with van der Waals surface area (Å²) in [7, 11) is 1.81. The average molecular weight is 248 g/mol. The van der Waals surface area contributed by atoms with Crippen LogP contribution in [0.1, 0.15) is 24.8 Å². The molecule has 1 aromatic rings. The van der Waals surface area contributed by atoms with E-state index in [9.17, 15) is 9.90 Å². The molecule has 1 fully saturated rings. The first-order chi connectivity index (χ1) is 8.57. The number of rotatable bonds is 4. The van der Waals surface area contributed by atoms with Crippen molar-refractivity contribution in [3.63, 3.8) is 0 Å². The van der Waals surface area contributed by atoms with Gasteiger partial charge in [-0.3, -0.25) is 4.79 Å². The van der Waals surface area contributed by atoms with Crippen LogP contribution in [-0.2, 0) is 11.3 Å². The summed E-state index contributed by atoms with van der Waals surface area (Å²) >= 11 is 0. The van der Waals surface area contributed by atoms with Crippen LogP contribution in [0.2, 0.25) is 0 Å². The van der Waals surface area contributed by atoms with Crippen LogP contribution in [0.4, 0.5) is 0 Å². The van der Waals surface area contributed by atoms with Crippen LogP contribution in [0.15, 0.2) is 24.3 Å². The molecular formula is C14H20N2O2. The van der Waals surface area contributed by atoms with Gasteiger partial charge in [-0.2, -0.15) is 0 Å². The van der Waals surface area contributed by atoms with Gasteiger partial charge in [-0.1, -0.05) is 18.6 Å². The number of benzene rings is 1. The summed E-state index contributed by atoms with van der Waals surface area (Å²) < 4.78 is 0. The Labute approximate surface area is 107 Å². The van der Waals surface area contributed by atoms with Crippen LogP contribution in [0.25, 0.3) is 0 Å². The molecule has 98 valence electrons. The Morgan fingerprint density at radius 1 is 1.39 bits per heavy atom. The van der Waals surface area contributed by atoms with Gasteiger partial charge in [0.25, 0.3) is 0 Å². The highest BCUT2D eigenvalue weighted by Crippen LogP contribution is 2.41. The smallest absolute Gasteiger partial charge is 0.230 e. The van der Waals surface area contributed by atoms with Crippen LogP contribution < -0.4 is 5.73 Å². The van der Waals surface area contributed by atoms with Crippen molar-refractivity contribution < 1.29 is 9.90 Å². The Hall–Kier alpha value is -1.55. The Morgan fingerprint density at radius 3 is 2.44 bits per heavy atom. The lowest BCUT2D eigenvalue weighted by Crippen LogP contribution is -2.50. The first kappa shape index (κ1) is 12.9. The molecule has 1 amide bonds. The van der Waals surface area contributed by atoms with Gasteiger partial charge in [0.2, 0.25) is 5.91 Å². The minimum Gasteiger partial charge on any atom is -0.508 e. The van der Waals surface area contributed by atoms with Crippen molar-refractivity contribution in [3.8, 4) is 5.75 Å². The summed E-state index contributed by atoms with van der Waals surface area (Å²) in [5.74, 6) is 0.384. The lowest BCUT2D eigenvalue weighted by molar-refractivity contribution is -0.145. The third-order valence-electron chi connectivity index (χ3n) is 3.86. The maximum Gasteiger partial charge on any atom is 0.230 e. The van der Waals surface area contributed by atoms with Crippen molar-refractivity contribution in [2.45, 2.75) is 25.8 Å². The minimum atomic E-state index is -0.314. The highest BCUT2D eigenvalue weighted by atomic mass is 16.3. The predicted octanol–water partition coefficient (Wildman–Crippen LogP) is 1.48. The largest absolute Gasteiger partial charge is 0.508 e. The SMILES string of the molecule is CN(Cc1ccc(O)cc1)C(=O)C1(CN)CCC1. The second kappa shape index (κ2) is 4.98. The zero-order chi connectivity index (χ0) is 13.2. The van der Waals surface area contributed by atoms with Gasteiger partial charge in [-0.25, -0.2) is 0 Å². The molecule has 0 radical (unpaired) electrons. The fourth-order valence-electron chi connectivity index (χ4n) is 2.46. The van der Waals surface area contributed by atoms with E-state index in [0.29, 0.717) is 13.1 Å². The zero-order valence-electron chi connectivity index (χ0n) is 10.7. The van der Waals surface area contributed by atoms with Gasteiger partial charge in [-0.05, 0) is 30.5 Å². The Bertz CT molecular complexity index is 418. The maximum absolute atomic E-state index is 12.3. The number of carbonyl (C=O) groups is 1. The van der Waals surface area contributed by atoms with Crippen molar-refractivity contribution in [1.29, 1.82) is 0 Å². The van der Waals surface area contributed by atoms with Crippen LogP contribution in [0.5, 0.6) is 5.75 Å². The average Bonchev–Trinajstić information content (AvgIpc) is 2.31. The fraction of sp³-hybridized carbons (Fsp3) is 0.500. The Kier molecular flexibility index (Phi) is 3.57. The Morgan fingerprint density at radius 2 is 2.00 bits per heavy atom. The zero-order valence-corrected chi connectivity index (χ0v) is 10.7. The van der Waals surface area contributed by atoms with Crippen molar-refractivity contribution in [1.82, 2.24) is 4.90 Å². The predicted molar refractivity (Wildman–Crippen MR) is 69.9 cm³/mol.